The lowest BCUT2D eigenvalue weighted by Gasteiger charge is -2.14. The Morgan fingerprint density at radius 2 is 1.86 bits per heavy atom. The van der Waals surface area contributed by atoms with E-state index in [2.05, 4.69) is 0 Å². The van der Waals surface area contributed by atoms with Crippen molar-refractivity contribution in [1.29, 1.82) is 0 Å². The molecule has 0 aliphatic carbocycles. The van der Waals surface area contributed by atoms with E-state index in [0.717, 1.165) is 17.5 Å². The van der Waals surface area contributed by atoms with Gasteiger partial charge in [-0.25, -0.2) is 8.78 Å². The summed E-state index contributed by atoms with van der Waals surface area (Å²) in [5.41, 5.74) is 7.39. The molecule has 0 aliphatic rings. The van der Waals surface area contributed by atoms with Crippen LogP contribution in [0.5, 0.6) is 5.75 Å². The number of halogens is 2. The molecule has 0 radical (unpaired) electrons. The molecule has 0 aliphatic heterocycles. The van der Waals surface area contributed by atoms with Crippen molar-refractivity contribution in [2.75, 3.05) is 0 Å². The molecule has 0 fully saturated rings. The van der Waals surface area contributed by atoms with Gasteiger partial charge in [-0.1, -0.05) is 19.1 Å². The topological polar surface area (TPSA) is 35.2 Å². The largest absolute Gasteiger partial charge is 0.489 e. The van der Waals surface area contributed by atoms with Crippen molar-refractivity contribution in [2.24, 2.45) is 5.73 Å². The zero-order chi connectivity index (χ0) is 15.2. The number of nitrogens with two attached hydrogens (primary N) is 1. The molecular weight excluding hydrogens is 272 g/mol. The molecule has 2 aromatic carbocycles. The fourth-order valence-electron chi connectivity index (χ4n) is 2.06. The first kappa shape index (κ1) is 15.4. The molecule has 2 N–H and O–H groups in total. The molecule has 112 valence electrons. The summed E-state index contributed by atoms with van der Waals surface area (Å²) in [6.45, 7) is 2.22. The minimum absolute atomic E-state index is 0.0386. The third-order valence-corrected chi connectivity index (χ3v) is 3.31. The average molecular weight is 291 g/mol. The maximum Gasteiger partial charge on any atom is 0.123 e. The minimum atomic E-state index is -0.314. The molecule has 2 rings (SSSR count). The van der Waals surface area contributed by atoms with Crippen molar-refractivity contribution in [3.63, 3.8) is 0 Å². The SMILES string of the molecule is CCC(N)Cc1cc(F)ccc1OCc1cccc(F)c1. The van der Waals surface area contributed by atoms with Crippen molar-refractivity contribution in [2.45, 2.75) is 32.4 Å². The van der Waals surface area contributed by atoms with Crippen LogP contribution in [0.3, 0.4) is 0 Å². The van der Waals surface area contributed by atoms with E-state index in [1.54, 1.807) is 18.2 Å². The Balaban J connectivity index is 2.11. The van der Waals surface area contributed by atoms with Gasteiger partial charge in [0.2, 0.25) is 0 Å². The van der Waals surface area contributed by atoms with Gasteiger partial charge in [-0.3, -0.25) is 0 Å². The predicted molar refractivity (Wildman–Crippen MR) is 79.1 cm³/mol. The van der Waals surface area contributed by atoms with E-state index in [4.69, 9.17) is 10.5 Å². The fraction of sp³-hybridized carbons (Fsp3) is 0.294. The third kappa shape index (κ3) is 4.53. The van der Waals surface area contributed by atoms with Gasteiger partial charge in [0.1, 0.15) is 24.0 Å². The molecule has 0 heterocycles. The van der Waals surface area contributed by atoms with E-state index in [9.17, 15) is 8.78 Å². The molecule has 0 saturated carbocycles. The summed E-state index contributed by atoms with van der Waals surface area (Å²) < 4.78 is 32.2. The molecule has 0 amide bonds. The van der Waals surface area contributed by atoms with E-state index in [0.29, 0.717) is 12.2 Å². The van der Waals surface area contributed by atoms with Crippen LogP contribution >= 0.6 is 0 Å². The van der Waals surface area contributed by atoms with Gasteiger partial charge in [-0.15, -0.1) is 0 Å². The number of ether oxygens (including phenoxy) is 1. The number of hydrogen-bond acceptors (Lipinski definition) is 2. The molecule has 2 aromatic rings. The summed E-state index contributed by atoms with van der Waals surface area (Å²) in [5.74, 6) is -0.0283. The van der Waals surface area contributed by atoms with E-state index in [-0.39, 0.29) is 24.3 Å². The first-order valence-electron chi connectivity index (χ1n) is 6.99. The van der Waals surface area contributed by atoms with E-state index in [1.165, 1.54) is 24.3 Å². The third-order valence-electron chi connectivity index (χ3n) is 3.31. The quantitative estimate of drug-likeness (QED) is 0.878. The van der Waals surface area contributed by atoms with Gasteiger partial charge in [0, 0.05) is 6.04 Å². The Kier molecular flexibility index (Phi) is 5.28. The van der Waals surface area contributed by atoms with E-state index in [1.807, 2.05) is 6.92 Å². The second-order valence-corrected chi connectivity index (χ2v) is 5.04. The number of rotatable bonds is 6. The second kappa shape index (κ2) is 7.18. The molecular formula is C17H19F2NO. The van der Waals surface area contributed by atoms with Crippen LogP contribution in [0.1, 0.15) is 24.5 Å². The van der Waals surface area contributed by atoms with E-state index >= 15 is 0 Å². The van der Waals surface area contributed by atoms with Crippen molar-refractivity contribution >= 4 is 0 Å². The van der Waals surface area contributed by atoms with Crippen LogP contribution in [0.2, 0.25) is 0 Å². The Labute approximate surface area is 123 Å². The molecule has 21 heavy (non-hydrogen) atoms. The van der Waals surface area contributed by atoms with Crippen LogP contribution in [0.4, 0.5) is 8.78 Å². The zero-order valence-electron chi connectivity index (χ0n) is 12.0. The molecule has 0 aromatic heterocycles. The lowest BCUT2D eigenvalue weighted by molar-refractivity contribution is 0.301. The Morgan fingerprint density at radius 3 is 2.57 bits per heavy atom. The summed E-state index contributed by atoms with van der Waals surface area (Å²) in [5, 5.41) is 0. The highest BCUT2D eigenvalue weighted by Crippen LogP contribution is 2.23. The maximum absolute atomic E-state index is 13.4. The first-order chi connectivity index (χ1) is 10.1. The smallest absolute Gasteiger partial charge is 0.123 e. The van der Waals surface area contributed by atoms with Crippen LogP contribution in [-0.2, 0) is 13.0 Å². The van der Waals surface area contributed by atoms with Crippen molar-refractivity contribution in [3.05, 3.63) is 65.2 Å². The van der Waals surface area contributed by atoms with E-state index < -0.39 is 0 Å². The highest BCUT2D eigenvalue weighted by Gasteiger charge is 2.10. The summed E-state index contributed by atoms with van der Waals surface area (Å²) in [7, 11) is 0. The van der Waals surface area contributed by atoms with Crippen LogP contribution in [-0.4, -0.2) is 6.04 Å². The lowest BCUT2D eigenvalue weighted by atomic mass is 10.0. The number of benzene rings is 2. The molecule has 0 spiro atoms. The predicted octanol–water partition coefficient (Wildman–Crippen LogP) is 3.82. The summed E-state index contributed by atoms with van der Waals surface area (Å²) in [6, 6.07) is 10.6. The summed E-state index contributed by atoms with van der Waals surface area (Å²) in [6.07, 6.45) is 1.35. The van der Waals surface area contributed by atoms with Crippen LogP contribution in [0, 0.1) is 11.6 Å². The zero-order valence-corrected chi connectivity index (χ0v) is 12.0. The van der Waals surface area contributed by atoms with Gasteiger partial charge >= 0.3 is 0 Å². The van der Waals surface area contributed by atoms with Gasteiger partial charge < -0.3 is 10.5 Å². The van der Waals surface area contributed by atoms with Crippen molar-refractivity contribution in [1.82, 2.24) is 0 Å². The van der Waals surface area contributed by atoms with Gasteiger partial charge in [0.25, 0.3) is 0 Å². The summed E-state index contributed by atoms with van der Waals surface area (Å²) in [4.78, 5) is 0. The second-order valence-electron chi connectivity index (χ2n) is 5.04. The van der Waals surface area contributed by atoms with Gasteiger partial charge in [-0.05, 0) is 54.3 Å². The first-order valence-corrected chi connectivity index (χ1v) is 6.99. The molecule has 1 unspecified atom stereocenters. The molecule has 2 nitrogen and oxygen atoms in total. The minimum Gasteiger partial charge on any atom is -0.489 e. The van der Waals surface area contributed by atoms with Gasteiger partial charge in [-0.2, -0.15) is 0 Å². The molecule has 1 atom stereocenters. The average Bonchev–Trinajstić information content (AvgIpc) is 2.46. The maximum atomic E-state index is 13.4. The number of hydrogen-bond donors (Lipinski definition) is 1. The van der Waals surface area contributed by atoms with Crippen molar-refractivity contribution in [3.8, 4) is 5.75 Å². The van der Waals surface area contributed by atoms with Crippen LogP contribution < -0.4 is 10.5 Å². The molecule has 0 bridgehead atoms. The Bertz CT molecular complexity index is 601. The van der Waals surface area contributed by atoms with Crippen LogP contribution in [0.25, 0.3) is 0 Å². The summed E-state index contributed by atoms with van der Waals surface area (Å²) >= 11 is 0. The molecule has 4 heteroatoms. The fourth-order valence-corrected chi connectivity index (χ4v) is 2.06. The van der Waals surface area contributed by atoms with Gasteiger partial charge in [0.05, 0.1) is 0 Å². The normalized spacial score (nSPS) is 12.2. The highest BCUT2D eigenvalue weighted by atomic mass is 19.1. The van der Waals surface area contributed by atoms with Crippen LogP contribution in [0.15, 0.2) is 42.5 Å². The monoisotopic (exact) mass is 291 g/mol. The standard InChI is InChI=1S/C17H19F2NO/c1-2-16(20)10-13-9-15(19)6-7-17(13)21-11-12-4-3-5-14(18)8-12/h3-9,16H,2,10-11,20H2,1H3. The Morgan fingerprint density at radius 1 is 1.10 bits per heavy atom. The van der Waals surface area contributed by atoms with Crippen molar-refractivity contribution < 1.29 is 13.5 Å². The molecule has 0 saturated heterocycles. The highest BCUT2D eigenvalue weighted by molar-refractivity contribution is 5.35. The van der Waals surface area contributed by atoms with Gasteiger partial charge in [0.15, 0.2) is 0 Å². The Hall–Kier alpha value is -1.94. The lowest BCUT2D eigenvalue weighted by Crippen LogP contribution is -2.21.